The number of methoxy groups -OCH3 is 1. The molecule has 0 aliphatic carbocycles. The Bertz CT molecular complexity index is 412. The van der Waals surface area contributed by atoms with Gasteiger partial charge in [0.05, 0.1) is 19.4 Å². The number of carbonyl (C=O) groups excluding carboxylic acids is 1. The number of carbonyl (C=O) groups is 1. The Morgan fingerprint density at radius 3 is 3.11 bits per heavy atom. The van der Waals surface area contributed by atoms with Gasteiger partial charge in [-0.15, -0.1) is 5.10 Å². The molecule has 0 radical (unpaired) electrons. The van der Waals surface area contributed by atoms with E-state index in [0.717, 1.165) is 25.3 Å². The molecule has 2 heterocycles. The second-order valence-corrected chi connectivity index (χ2v) is 4.33. The van der Waals surface area contributed by atoms with Crippen LogP contribution in [0.2, 0.25) is 0 Å². The van der Waals surface area contributed by atoms with Crippen LogP contribution in [0.25, 0.3) is 0 Å². The topological polar surface area (TPSA) is 92.3 Å². The zero-order valence-corrected chi connectivity index (χ0v) is 10.5. The molecule has 1 aromatic heterocycles. The summed E-state index contributed by atoms with van der Waals surface area (Å²) in [5.74, 6) is -0.0407. The molecule has 1 unspecified atom stereocenters. The molecule has 7 nitrogen and oxygen atoms in total. The molecule has 0 amide bonds. The van der Waals surface area contributed by atoms with Crippen LogP contribution < -0.4 is 5.73 Å². The van der Waals surface area contributed by atoms with E-state index in [4.69, 9.17) is 10.5 Å². The van der Waals surface area contributed by atoms with Crippen molar-refractivity contribution >= 4 is 5.97 Å². The maximum Gasteiger partial charge on any atom is 0.360 e. The Labute approximate surface area is 105 Å². The smallest absolute Gasteiger partial charge is 0.360 e. The lowest BCUT2D eigenvalue weighted by Crippen LogP contribution is -2.18. The van der Waals surface area contributed by atoms with Gasteiger partial charge in [0.15, 0.2) is 5.69 Å². The minimum Gasteiger partial charge on any atom is -0.464 e. The Morgan fingerprint density at radius 1 is 1.67 bits per heavy atom. The van der Waals surface area contributed by atoms with E-state index in [1.54, 1.807) is 4.68 Å². The number of aromatic nitrogens is 3. The zero-order valence-electron chi connectivity index (χ0n) is 10.5. The minimum absolute atomic E-state index is 0.266. The van der Waals surface area contributed by atoms with E-state index in [9.17, 15) is 4.79 Å². The number of rotatable bonds is 5. The zero-order chi connectivity index (χ0) is 13.0. The molecule has 0 spiro atoms. The molecular weight excluding hydrogens is 236 g/mol. The summed E-state index contributed by atoms with van der Waals surface area (Å²) in [6.07, 6.45) is 1.57. The van der Waals surface area contributed by atoms with Crippen LogP contribution in [-0.2, 0) is 22.4 Å². The quantitative estimate of drug-likeness (QED) is 0.719. The molecule has 1 aliphatic rings. The highest BCUT2D eigenvalue weighted by molar-refractivity contribution is 5.88. The molecule has 100 valence electrons. The molecule has 1 aliphatic heterocycles. The standard InChI is InChI=1S/C11H18N4O3/c1-17-11(16)10-9(2-4-12)15(14-13-10)6-8-3-5-18-7-8/h8H,2-7,12H2,1H3. The molecule has 0 saturated carbocycles. The molecule has 1 saturated heterocycles. The predicted octanol–water partition coefficient (Wildman–Crippen LogP) is -0.398. The molecule has 1 atom stereocenters. The lowest BCUT2D eigenvalue weighted by atomic mass is 10.1. The van der Waals surface area contributed by atoms with E-state index in [0.29, 0.717) is 25.4 Å². The van der Waals surface area contributed by atoms with Gasteiger partial charge in [-0.25, -0.2) is 9.48 Å². The van der Waals surface area contributed by atoms with Gasteiger partial charge in [-0.3, -0.25) is 0 Å². The maximum atomic E-state index is 11.6. The first-order valence-corrected chi connectivity index (χ1v) is 6.04. The van der Waals surface area contributed by atoms with Gasteiger partial charge in [0.2, 0.25) is 0 Å². The largest absolute Gasteiger partial charge is 0.464 e. The highest BCUT2D eigenvalue weighted by atomic mass is 16.5. The van der Waals surface area contributed by atoms with Crippen molar-refractivity contribution in [3.63, 3.8) is 0 Å². The van der Waals surface area contributed by atoms with E-state index in [1.807, 2.05) is 0 Å². The fourth-order valence-corrected chi connectivity index (χ4v) is 2.09. The van der Waals surface area contributed by atoms with Crippen molar-refractivity contribution in [2.24, 2.45) is 11.7 Å². The number of nitrogens with zero attached hydrogens (tertiary/aromatic N) is 3. The first-order chi connectivity index (χ1) is 8.76. The van der Waals surface area contributed by atoms with Crippen LogP contribution in [-0.4, -0.2) is 47.8 Å². The van der Waals surface area contributed by atoms with E-state index in [2.05, 4.69) is 15.0 Å². The number of hydrogen-bond acceptors (Lipinski definition) is 6. The van der Waals surface area contributed by atoms with Gasteiger partial charge >= 0.3 is 5.97 Å². The summed E-state index contributed by atoms with van der Waals surface area (Å²) in [6, 6.07) is 0. The summed E-state index contributed by atoms with van der Waals surface area (Å²) in [6.45, 7) is 2.67. The molecule has 0 bridgehead atoms. The van der Waals surface area contributed by atoms with Gasteiger partial charge < -0.3 is 15.2 Å². The van der Waals surface area contributed by atoms with Crippen molar-refractivity contribution < 1.29 is 14.3 Å². The van der Waals surface area contributed by atoms with E-state index in [-0.39, 0.29) is 5.69 Å². The van der Waals surface area contributed by atoms with E-state index in [1.165, 1.54) is 7.11 Å². The summed E-state index contributed by atoms with van der Waals surface area (Å²) < 4.78 is 11.8. The molecule has 7 heteroatoms. The van der Waals surface area contributed by atoms with Gasteiger partial charge in [0, 0.05) is 25.5 Å². The van der Waals surface area contributed by atoms with Gasteiger partial charge in [-0.05, 0) is 13.0 Å². The third kappa shape index (κ3) is 2.68. The van der Waals surface area contributed by atoms with Crippen molar-refractivity contribution in [2.75, 3.05) is 26.9 Å². The first-order valence-electron chi connectivity index (χ1n) is 6.04. The van der Waals surface area contributed by atoms with Crippen LogP contribution >= 0.6 is 0 Å². The highest BCUT2D eigenvalue weighted by Crippen LogP contribution is 2.16. The predicted molar refractivity (Wildman–Crippen MR) is 63.0 cm³/mol. The Hall–Kier alpha value is -1.47. The van der Waals surface area contributed by atoms with E-state index < -0.39 is 5.97 Å². The summed E-state index contributed by atoms with van der Waals surface area (Å²) in [5, 5.41) is 7.91. The highest BCUT2D eigenvalue weighted by Gasteiger charge is 2.23. The number of hydrogen-bond donors (Lipinski definition) is 1. The molecule has 2 rings (SSSR count). The Kier molecular flexibility index (Phi) is 4.27. The molecule has 18 heavy (non-hydrogen) atoms. The van der Waals surface area contributed by atoms with Crippen molar-refractivity contribution in [1.29, 1.82) is 0 Å². The molecule has 1 fully saturated rings. The van der Waals surface area contributed by atoms with Gasteiger partial charge in [-0.2, -0.15) is 0 Å². The van der Waals surface area contributed by atoms with E-state index >= 15 is 0 Å². The van der Waals surface area contributed by atoms with Crippen molar-refractivity contribution in [1.82, 2.24) is 15.0 Å². The van der Waals surface area contributed by atoms with Crippen LogP contribution in [0.5, 0.6) is 0 Å². The summed E-state index contributed by atoms with van der Waals surface area (Å²) in [4.78, 5) is 11.6. The maximum absolute atomic E-state index is 11.6. The van der Waals surface area contributed by atoms with Crippen LogP contribution in [0, 0.1) is 5.92 Å². The average molecular weight is 254 g/mol. The normalized spacial score (nSPS) is 19.1. The lowest BCUT2D eigenvalue weighted by Gasteiger charge is -2.10. The summed E-state index contributed by atoms with van der Waals surface area (Å²) in [5.41, 5.74) is 6.57. The average Bonchev–Trinajstić information content (AvgIpc) is 3.01. The summed E-state index contributed by atoms with van der Waals surface area (Å²) in [7, 11) is 1.33. The molecule has 1 aromatic rings. The fourth-order valence-electron chi connectivity index (χ4n) is 2.09. The van der Waals surface area contributed by atoms with Crippen molar-refractivity contribution in [3.05, 3.63) is 11.4 Å². The monoisotopic (exact) mass is 254 g/mol. The van der Waals surface area contributed by atoms with Gasteiger partial charge in [-0.1, -0.05) is 5.21 Å². The van der Waals surface area contributed by atoms with Gasteiger partial charge in [0.25, 0.3) is 0 Å². The fraction of sp³-hybridized carbons (Fsp3) is 0.727. The number of nitrogens with two attached hydrogens (primary N) is 1. The number of esters is 1. The number of ether oxygens (including phenoxy) is 2. The second kappa shape index (κ2) is 5.92. The third-order valence-electron chi connectivity index (χ3n) is 3.05. The van der Waals surface area contributed by atoms with Crippen LogP contribution in [0.4, 0.5) is 0 Å². The third-order valence-corrected chi connectivity index (χ3v) is 3.05. The summed E-state index contributed by atoms with van der Waals surface area (Å²) >= 11 is 0. The SMILES string of the molecule is COC(=O)c1nnn(CC2CCOC2)c1CCN. The van der Waals surface area contributed by atoms with Crippen molar-refractivity contribution in [3.8, 4) is 0 Å². The Balaban J connectivity index is 2.17. The molecule has 0 aromatic carbocycles. The lowest BCUT2D eigenvalue weighted by molar-refractivity contribution is 0.0592. The molecular formula is C11H18N4O3. The van der Waals surface area contributed by atoms with Crippen LogP contribution in [0.1, 0.15) is 22.6 Å². The van der Waals surface area contributed by atoms with Crippen LogP contribution in [0.3, 0.4) is 0 Å². The Morgan fingerprint density at radius 2 is 2.50 bits per heavy atom. The van der Waals surface area contributed by atoms with Crippen LogP contribution in [0.15, 0.2) is 0 Å². The first kappa shape index (κ1) is 13.0. The molecule has 2 N–H and O–H groups in total. The second-order valence-electron chi connectivity index (χ2n) is 4.33. The van der Waals surface area contributed by atoms with Crippen molar-refractivity contribution in [2.45, 2.75) is 19.4 Å². The minimum atomic E-state index is -0.465. The van der Waals surface area contributed by atoms with Gasteiger partial charge in [0.1, 0.15) is 0 Å².